The Hall–Kier alpha value is -2.34. The lowest BCUT2D eigenvalue weighted by Gasteiger charge is -2.35. The summed E-state index contributed by atoms with van der Waals surface area (Å²) in [5.74, 6) is 2.52. The van der Waals surface area contributed by atoms with Crippen molar-refractivity contribution in [3.8, 4) is 0 Å². The van der Waals surface area contributed by atoms with E-state index < -0.39 is 0 Å². The second-order valence-corrected chi connectivity index (χ2v) is 7.45. The van der Waals surface area contributed by atoms with E-state index in [0.29, 0.717) is 19.1 Å². The zero-order valence-electron chi connectivity index (χ0n) is 16.9. The van der Waals surface area contributed by atoms with E-state index in [1.165, 1.54) is 11.1 Å². The number of aryl methyl sites for hydroxylation is 1. The molecule has 2 heterocycles. The summed E-state index contributed by atoms with van der Waals surface area (Å²) in [7, 11) is 1.83. The van der Waals surface area contributed by atoms with E-state index in [-0.39, 0.29) is 6.10 Å². The number of imidazole rings is 1. The summed E-state index contributed by atoms with van der Waals surface area (Å²) in [5, 5.41) is 3.48. The Morgan fingerprint density at radius 3 is 2.93 bits per heavy atom. The third-order valence-electron chi connectivity index (χ3n) is 4.88. The lowest BCUT2D eigenvalue weighted by atomic mass is 10.0. The van der Waals surface area contributed by atoms with Gasteiger partial charge in [-0.2, -0.15) is 0 Å². The minimum atomic E-state index is 0.0708. The fraction of sp³-hybridized carbons (Fsp3) is 0.524. The van der Waals surface area contributed by atoms with Crippen molar-refractivity contribution in [3.05, 3.63) is 53.6 Å². The molecule has 1 aromatic heterocycles. The van der Waals surface area contributed by atoms with Gasteiger partial charge in [0.2, 0.25) is 0 Å². The molecule has 3 rings (SSSR count). The van der Waals surface area contributed by atoms with Crippen molar-refractivity contribution in [3.63, 3.8) is 0 Å². The molecule has 146 valence electrons. The molecule has 6 heteroatoms. The summed E-state index contributed by atoms with van der Waals surface area (Å²) < 4.78 is 8.25. The number of aliphatic imine (C=N–C) groups is 1. The van der Waals surface area contributed by atoms with Crippen molar-refractivity contribution >= 4 is 5.96 Å². The lowest BCUT2D eigenvalue weighted by Crippen LogP contribution is -2.48. The molecule has 1 aliphatic heterocycles. The van der Waals surface area contributed by atoms with Gasteiger partial charge in [-0.1, -0.05) is 38.1 Å². The number of nitrogens with one attached hydrogen (secondary N) is 1. The molecule has 1 N–H and O–H groups in total. The van der Waals surface area contributed by atoms with Crippen molar-refractivity contribution in [2.75, 3.05) is 26.7 Å². The molecule has 1 unspecified atom stereocenters. The molecule has 1 atom stereocenters. The molecule has 1 aliphatic rings. The average molecular weight is 370 g/mol. The zero-order chi connectivity index (χ0) is 19.2. The van der Waals surface area contributed by atoms with Crippen LogP contribution in [0.25, 0.3) is 0 Å². The van der Waals surface area contributed by atoms with Gasteiger partial charge in [-0.05, 0) is 24.0 Å². The minimum Gasteiger partial charge on any atom is -0.370 e. The first-order chi connectivity index (χ1) is 13.1. The molecule has 27 heavy (non-hydrogen) atoms. The SMILES string of the molecule is CN=C(NCc1nccn1CC(C)C)N1CCOC(c2ccccc2C)C1. The van der Waals surface area contributed by atoms with Gasteiger partial charge >= 0.3 is 0 Å². The first-order valence-corrected chi connectivity index (χ1v) is 9.71. The predicted octanol–water partition coefficient (Wildman–Crippen LogP) is 3.00. The highest BCUT2D eigenvalue weighted by Gasteiger charge is 2.25. The highest BCUT2D eigenvalue weighted by atomic mass is 16.5. The van der Waals surface area contributed by atoms with Crippen LogP contribution < -0.4 is 5.32 Å². The largest absolute Gasteiger partial charge is 0.370 e. The fourth-order valence-corrected chi connectivity index (χ4v) is 3.54. The topological polar surface area (TPSA) is 54.7 Å². The molecular weight excluding hydrogens is 338 g/mol. The summed E-state index contributed by atoms with van der Waals surface area (Å²) in [6, 6.07) is 8.44. The molecule has 1 saturated heterocycles. The van der Waals surface area contributed by atoms with Gasteiger partial charge in [-0.15, -0.1) is 0 Å². The number of rotatable bonds is 5. The van der Waals surface area contributed by atoms with Gasteiger partial charge in [-0.25, -0.2) is 4.98 Å². The van der Waals surface area contributed by atoms with Crippen LogP contribution >= 0.6 is 0 Å². The molecule has 0 spiro atoms. The van der Waals surface area contributed by atoms with Crippen LogP contribution in [0.2, 0.25) is 0 Å². The quantitative estimate of drug-likeness (QED) is 0.650. The maximum absolute atomic E-state index is 6.04. The molecular formula is C21H31N5O. The molecule has 0 amide bonds. The summed E-state index contributed by atoms with van der Waals surface area (Å²) >= 11 is 0. The van der Waals surface area contributed by atoms with Crippen molar-refractivity contribution < 1.29 is 4.74 Å². The molecule has 0 saturated carbocycles. The molecule has 0 bridgehead atoms. The maximum Gasteiger partial charge on any atom is 0.194 e. The second kappa shape index (κ2) is 9.04. The fourth-order valence-electron chi connectivity index (χ4n) is 3.54. The van der Waals surface area contributed by atoms with Gasteiger partial charge < -0.3 is 19.5 Å². The summed E-state index contributed by atoms with van der Waals surface area (Å²) in [6.07, 6.45) is 3.98. The van der Waals surface area contributed by atoms with E-state index >= 15 is 0 Å². The highest BCUT2D eigenvalue weighted by molar-refractivity contribution is 5.80. The van der Waals surface area contributed by atoms with Gasteiger partial charge in [0.05, 0.1) is 19.7 Å². The molecule has 0 aliphatic carbocycles. The van der Waals surface area contributed by atoms with Gasteiger partial charge in [0.25, 0.3) is 0 Å². The van der Waals surface area contributed by atoms with Crippen molar-refractivity contribution in [1.82, 2.24) is 19.8 Å². The summed E-state index contributed by atoms with van der Waals surface area (Å²) in [6.45, 7) is 10.5. The average Bonchev–Trinajstić information content (AvgIpc) is 3.09. The normalized spacial score (nSPS) is 18.2. The number of guanidine groups is 1. The van der Waals surface area contributed by atoms with Crippen LogP contribution in [0.3, 0.4) is 0 Å². The number of hydrogen-bond donors (Lipinski definition) is 1. The number of aromatic nitrogens is 2. The van der Waals surface area contributed by atoms with Crippen LogP contribution in [0.4, 0.5) is 0 Å². The number of morpholine rings is 1. The lowest BCUT2D eigenvalue weighted by molar-refractivity contribution is -0.00835. The van der Waals surface area contributed by atoms with Crippen LogP contribution in [0.15, 0.2) is 41.7 Å². The minimum absolute atomic E-state index is 0.0708. The number of hydrogen-bond acceptors (Lipinski definition) is 3. The van der Waals surface area contributed by atoms with Gasteiger partial charge in [0.1, 0.15) is 11.9 Å². The molecule has 0 radical (unpaired) electrons. The summed E-state index contributed by atoms with van der Waals surface area (Å²) in [5.41, 5.74) is 2.52. The smallest absolute Gasteiger partial charge is 0.194 e. The van der Waals surface area contributed by atoms with E-state index in [2.05, 4.69) is 69.8 Å². The predicted molar refractivity (Wildman–Crippen MR) is 109 cm³/mol. The monoisotopic (exact) mass is 369 g/mol. The molecule has 2 aromatic rings. The van der Waals surface area contributed by atoms with Crippen LogP contribution in [0.1, 0.15) is 36.9 Å². The Morgan fingerprint density at radius 2 is 2.19 bits per heavy atom. The third kappa shape index (κ3) is 4.89. The highest BCUT2D eigenvalue weighted by Crippen LogP contribution is 2.25. The molecule has 1 fully saturated rings. The Bertz CT molecular complexity index is 767. The maximum atomic E-state index is 6.04. The first-order valence-electron chi connectivity index (χ1n) is 9.71. The van der Waals surface area contributed by atoms with E-state index in [1.54, 1.807) is 0 Å². The van der Waals surface area contributed by atoms with Gasteiger partial charge in [0.15, 0.2) is 5.96 Å². The first kappa shape index (κ1) is 19.4. The Morgan fingerprint density at radius 1 is 1.37 bits per heavy atom. The van der Waals surface area contributed by atoms with Gasteiger partial charge in [0, 0.05) is 32.5 Å². The zero-order valence-corrected chi connectivity index (χ0v) is 16.9. The standard InChI is InChI=1S/C21H31N5O/c1-16(2)14-25-10-9-23-20(25)13-24-21(22-4)26-11-12-27-19(15-26)18-8-6-5-7-17(18)3/h5-10,16,19H,11-15H2,1-4H3,(H,22,24). The van der Waals surface area contributed by atoms with E-state index in [9.17, 15) is 0 Å². The Labute approximate surface area is 162 Å². The van der Waals surface area contributed by atoms with Gasteiger partial charge in [-0.3, -0.25) is 4.99 Å². The molecule has 6 nitrogen and oxygen atoms in total. The van der Waals surface area contributed by atoms with Crippen molar-refractivity contribution in [2.24, 2.45) is 10.9 Å². The molecule has 1 aromatic carbocycles. The van der Waals surface area contributed by atoms with Crippen molar-refractivity contribution in [2.45, 2.75) is 40.0 Å². The van der Waals surface area contributed by atoms with Crippen LogP contribution in [0.5, 0.6) is 0 Å². The van der Waals surface area contributed by atoms with Crippen LogP contribution in [0, 0.1) is 12.8 Å². The van der Waals surface area contributed by atoms with Crippen molar-refractivity contribution in [1.29, 1.82) is 0 Å². The van der Waals surface area contributed by atoms with Crippen LogP contribution in [-0.2, 0) is 17.8 Å². The Kier molecular flexibility index (Phi) is 6.50. The van der Waals surface area contributed by atoms with Crippen LogP contribution in [-0.4, -0.2) is 47.2 Å². The Balaban J connectivity index is 1.64. The third-order valence-corrected chi connectivity index (χ3v) is 4.88. The number of ether oxygens (including phenoxy) is 1. The second-order valence-electron chi connectivity index (χ2n) is 7.45. The summed E-state index contributed by atoms with van der Waals surface area (Å²) in [4.78, 5) is 11.3. The number of benzene rings is 1. The van der Waals surface area contributed by atoms with E-state index in [0.717, 1.165) is 31.4 Å². The van der Waals surface area contributed by atoms with E-state index in [4.69, 9.17) is 4.74 Å². The van der Waals surface area contributed by atoms with E-state index in [1.807, 2.05) is 19.4 Å². The number of nitrogens with zero attached hydrogens (tertiary/aromatic N) is 4.